The average molecular weight is 297 g/mol. The van der Waals surface area contributed by atoms with Crippen molar-refractivity contribution in [2.24, 2.45) is 12.8 Å². The first-order valence-corrected chi connectivity index (χ1v) is 6.58. The second-order valence-corrected chi connectivity index (χ2v) is 4.76. The van der Waals surface area contributed by atoms with E-state index in [9.17, 15) is 0 Å². The van der Waals surface area contributed by atoms with Gasteiger partial charge in [0.2, 0.25) is 0 Å². The Hall–Kier alpha value is -1.00. The molecule has 0 radical (unpaired) electrons. The second-order valence-electron chi connectivity index (χ2n) is 3.97. The van der Waals surface area contributed by atoms with Crippen molar-refractivity contribution < 1.29 is 4.74 Å². The van der Waals surface area contributed by atoms with Gasteiger partial charge in [-0.15, -0.1) is 0 Å². The molecule has 0 atom stereocenters. The highest BCUT2D eigenvalue weighted by Crippen LogP contribution is 2.33. The molecule has 0 saturated carbocycles. The fraction of sp³-hybridized carbons (Fsp3) is 0.385. The molecule has 1 aromatic heterocycles. The number of aromatic nitrogens is 1. The molecule has 0 aliphatic rings. The summed E-state index contributed by atoms with van der Waals surface area (Å²) in [6.07, 6.45) is 0.871. The molecule has 0 aliphatic carbocycles. The summed E-state index contributed by atoms with van der Waals surface area (Å²) in [6, 6.07) is 6.17. The van der Waals surface area contributed by atoms with E-state index >= 15 is 0 Å². The Kier molecular flexibility index (Phi) is 3.74. The summed E-state index contributed by atoms with van der Waals surface area (Å²) in [5.74, 6) is 0.908. The Morgan fingerprint density at radius 2 is 2.18 bits per heavy atom. The van der Waals surface area contributed by atoms with Gasteiger partial charge in [0.15, 0.2) is 0 Å². The predicted octanol–water partition coefficient (Wildman–Crippen LogP) is 2.84. The highest BCUT2D eigenvalue weighted by atomic mass is 79.9. The lowest BCUT2D eigenvalue weighted by Gasteiger charge is -2.04. The molecular weight excluding hydrogens is 280 g/mol. The molecule has 2 rings (SSSR count). The van der Waals surface area contributed by atoms with Crippen LogP contribution in [0.25, 0.3) is 10.9 Å². The van der Waals surface area contributed by atoms with Crippen molar-refractivity contribution >= 4 is 26.8 Å². The second kappa shape index (κ2) is 5.10. The highest BCUT2D eigenvalue weighted by molar-refractivity contribution is 9.10. The van der Waals surface area contributed by atoms with E-state index in [1.807, 2.05) is 13.0 Å². The number of ether oxygens (including phenoxy) is 1. The monoisotopic (exact) mass is 296 g/mol. The van der Waals surface area contributed by atoms with Crippen LogP contribution in [-0.2, 0) is 13.5 Å². The lowest BCUT2D eigenvalue weighted by molar-refractivity contribution is 0.340. The van der Waals surface area contributed by atoms with E-state index in [2.05, 4.69) is 39.7 Å². The number of hydrogen-bond acceptors (Lipinski definition) is 2. The summed E-state index contributed by atoms with van der Waals surface area (Å²) >= 11 is 3.66. The van der Waals surface area contributed by atoms with Crippen molar-refractivity contribution in [3.8, 4) is 5.75 Å². The van der Waals surface area contributed by atoms with Gasteiger partial charge in [-0.25, -0.2) is 0 Å². The molecule has 2 aromatic rings. The molecule has 0 unspecified atom stereocenters. The van der Waals surface area contributed by atoms with Gasteiger partial charge in [0.05, 0.1) is 6.61 Å². The Labute approximate surface area is 110 Å². The normalized spacial score (nSPS) is 11.1. The number of aryl methyl sites for hydroxylation is 1. The van der Waals surface area contributed by atoms with Gasteiger partial charge in [0.25, 0.3) is 0 Å². The van der Waals surface area contributed by atoms with Crippen molar-refractivity contribution in [2.75, 3.05) is 13.2 Å². The van der Waals surface area contributed by atoms with Gasteiger partial charge in [-0.05, 0) is 47.6 Å². The smallest absolute Gasteiger partial charge is 0.120 e. The third-order valence-electron chi connectivity index (χ3n) is 2.92. The number of nitrogens with two attached hydrogens (primary N) is 1. The van der Waals surface area contributed by atoms with E-state index in [0.29, 0.717) is 13.2 Å². The average Bonchev–Trinajstić information content (AvgIpc) is 2.55. The lowest BCUT2D eigenvalue weighted by Crippen LogP contribution is -2.06. The van der Waals surface area contributed by atoms with Crippen molar-refractivity contribution in [2.45, 2.75) is 13.3 Å². The fourth-order valence-electron chi connectivity index (χ4n) is 2.10. The number of rotatable bonds is 4. The van der Waals surface area contributed by atoms with Crippen molar-refractivity contribution in [1.82, 2.24) is 4.57 Å². The van der Waals surface area contributed by atoms with E-state index < -0.39 is 0 Å². The molecule has 17 heavy (non-hydrogen) atoms. The van der Waals surface area contributed by atoms with Crippen molar-refractivity contribution in [1.29, 1.82) is 0 Å². The molecule has 0 bridgehead atoms. The summed E-state index contributed by atoms with van der Waals surface area (Å²) < 4.78 is 8.83. The molecule has 2 N–H and O–H groups in total. The Bertz CT molecular complexity index is 534. The van der Waals surface area contributed by atoms with Crippen LogP contribution in [0.1, 0.15) is 12.6 Å². The quantitative estimate of drug-likeness (QED) is 0.942. The number of fused-ring (bicyclic) bond motifs is 1. The van der Waals surface area contributed by atoms with Crippen LogP contribution in [-0.4, -0.2) is 17.7 Å². The third kappa shape index (κ3) is 2.19. The molecule has 3 nitrogen and oxygen atoms in total. The number of benzene rings is 1. The molecule has 0 spiro atoms. The Morgan fingerprint density at radius 3 is 2.82 bits per heavy atom. The van der Waals surface area contributed by atoms with Crippen LogP contribution in [0, 0.1) is 0 Å². The van der Waals surface area contributed by atoms with Gasteiger partial charge in [-0.2, -0.15) is 0 Å². The third-order valence-corrected chi connectivity index (χ3v) is 3.80. The maximum absolute atomic E-state index is 5.64. The minimum Gasteiger partial charge on any atom is -0.494 e. The molecule has 0 fully saturated rings. The Morgan fingerprint density at radius 1 is 1.41 bits per heavy atom. The van der Waals surface area contributed by atoms with Gasteiger partial charge in [0.1, 0.15) is 5.75 Å². The van der Waals surface area contributed by atoms with E-state index in [-0.39, 0.29) is 0 Å². The first-order valence-electron chi connectivity index (χ1n) is 5.78. The van der Waals surface area contributed by atoms with Crippen LogP contribution < -0.4 is 10.5 Å². The minimum atomic E-state index is 0.654. The fourth-order valence-corrected chi connectivity index (χ4v) is 2.88. The standard InChI is InChI=1S/C13H17BrN2O/c1-3-17-9-4-5-11-10(8-9)13(14)12(6-7-15)16(11)2/h4-5,8H,3,6-7,15H2,1-2H3. The lowest BCUT2D eigenvalue weighted by atomic mass is 10.2. The maximum atomic E-state index is 5.64. The molecule has 0 aliphatic heterocycles. The SMILES string of the molecule is CCOc1ccc2c(c1)c(Br)c(CCN)n2C. The van der Waals surface area contributed by atoms with E-state index in [4.69, 9.17) is 10.5 Å². The van der Waals surface area contributed by atoms with E-state index in [1.165, 1.54) is 16.6 Å². The van der Waals surface area contributed by atoms with Gasteiger partial charge < -0.3 is 15.0 Å². The van der Waals surface area contributed by atoms with Gasteiger partial charge in [-0.3, -0.25) is 0 Å². The zero-order chi connectivity index (χ0) is 12.4. The van der Waals surface area contributed by atoms with Crippen LogP contribution >= 0.6 is 15.9 Å². The van der Waals surface area contributed by atoms with Crippen LogP contribution in [0.3, 0.4) is 0 Å². The molecule has 0 amide bonds. The van der Waals surface area contributed by atoms with Crippen LogP contribution in [0.2, 0.25) is 0 Å². The molecule has 0 saturated heterocycles. The highest BCUT2D eigenvalue weighted by Gasteiger charge is 2.12. The first kappa shape index (κ1) is 12.5. The molecule has 92 valence electrons. The van der Waals surface area contributed by atoms with Crippen molar-refractivity contribution in [3.05, 3.63) is 28.4 Å². The van der Waals surface area contributed by atoms with Gasteiger partial charge >= 0.3 is 0 Å². The molecule has 1 aromatic carbocycles. The zero-order valence-electron chi connectivity index (χ0n) is 10.2. The van der Waals surface area contributed by atoms with Crippen LogP contribution in [0.15, 0.2) is 22.7 Å². The molecule has 4 heteroatoms. The zero-order valence-corrected chi connectivity index (χ0v) is 11.8. The van der Waals surface area contributed by atoms with Gasteiger partial charge in [-0.1, -0.05) is 0 Å². The minimum absolute atomic E-state index is 0.654. The van der Waals surface area contributed by atoms with Crippen LogP contribution in [0.5, 0.6) is 5.75 Å². The maximum Gasteiger partial charge on any atom is 0.120 e. The molecular formula is C13H17BrN2O. The van der Waals surface area contributed by atoms with Gasteiger partial charge in [0, 0.05) is 34.5 Å². The predicted molar refractivity (Wildman–Crippen MR) is 74.5 cm³/mol. The van der Waals surface area contributed by atoms with E-state index in [0.717, 1.165) is 16.6 Å². The first-order chi connectivity index (χ1) is 8.19. The number of halogens is 1. The molecule has 1 heterocycles. The summed E-state index contributed by atoms with van der Waals surface area (Å²) in [5, 5.41) is 1.18. The van der Waals surface area contributed by atoms with Crippen LogP contribution in [0.4, 0.5) is 0 Å². The topological polar surface area (TPSA) is 40.2 Å². The number of nitrogens with zero attached hydrogens (tertiary/aromatic N) is 1. The van der Waals surface area contributed by atoms with Crippen molar-refractivity contribution in [3.63, 3.8) is 0 Å². The Balaban J connectivity index is 2.57. The van der Waals surface area contributed by atoms with E-state index in [1.54, 1.807) is 0 Å². The largest absolute Gasteiger partial charge is 0.494 e. The number of hydrogen-bond donors (Lipinski definition) is 1. The summed E-state index contributed by atoms with van der Waals surface area (Å²) in [6.45, 7) is 3.33. The summed E-state index contributed by atoms with van der Waals surface area (Å²) in [7, 11) is 2.07. The summed E-state index contributed by atoms with van der Waals surface area (Å²) in [5.41, 5.74) is 8.07. The summed E-state index contributed by atoms with van der Waals surface area (Å²) in [4.78, 5) is 0.